The van der Waals surface area contributed by atoms with E-state index in [0.717, 1.165) is 55.1 Å². The number of para-hydroxylation sites is 6. The van der Waals surface area contributed by atoms with Crippen molar-refractivity contribution in [2.45, 2.75) is 0 Å². The molecule has 0 atom stereocenters. The molecule has 0 spiro atoms. The van der Waals surface area contributed by atoms with Crippen LogP contribution < -0.4 is 14.5 Å². The summed E-state index contributed by atoms with van der Waals surface area (Å²) in [5, 5.41) is 4.14. The van der Waals surface area contributed by atoms with Gasteiger partial charge in [0.2, 0.25) is 0 Å². The molecule has 0 aliphatic carbocycles. The minimum Gasteiger partial charge on any atom is -0.507 e. The van der Waals surface area contributed by atoms with E-state index in [9.17, 15) is 0 Å². The van der Waals surface area contributed by atoms with E-state index >= 15 is 0 Å². The number of ether oxygens (including phenoxy) is 1. The summed E-state index contributed by atoms with van der Waals surface area (Å²) >= 11 is 0. The van der Waals surface area contributed by atoms with Crippen molar-refractivity contribution < 1.29 is 38.1 Å². The maximum atomic E-state index is 9.10. The first-order chi connectivity index (χ1) is 36.5. The summed E-state index contributed by atoms with van der Waals surface area (Å²) in [7, 11) is 0. The summed E-state index contributed by atoms with van der Waals surface area (Å²) in [6.07, 6.45) is 1.77. The Balaban J connectivity index is 0.00000582. The third-order valence-corrected chi connectivity index (χ3v) is 12.1. The maximum absolute atomic E-state index is 9.10. The Kier molecular flexibility index (Phi) is 7.87. The van der Waals surface area contributed by atoms with Gasteiger partial charge in [-0.1, -0.05) is 162 Å². The van der Waals surface area contributed by atoms with E-state index < -0.39 is 42.3 Å². The van der Waals surface area contributed by atoms with Crippen LogP contribution in [-0.4, -0.2) is 14.1 Å². The fourth-order valence-corrected chi connectivity index (χ4v) is 9.32. The van der Waals surface area contributed by atoms with Crippen molar-refractivity contribution in [1.82, 2.24) is 14.1 Å². The van der Waals surface area contributed by atoms with Crippen molar-refractivity contribution in [3.8, 4) is 45.3 Å². The fourth-order valence-electron chi connectivity index (χ4n) is 9.32. The molecule has 0 saturated carbocycles. The standard InChI is InChI=1S/C60H38N5O.Pt/c1-3-19-41(20-4-1)45-28-18-29-46(42-21-5-2-6-22-42)60(45)63-40-62(54-33-13-14-34-55(54)63)43-23-17-24-44(37-43)66-58-39-56-50(49-27-9-12-32-53(49)65(56)59-35-15-16-36-61-59)38-57(58)64-51-30-10-7-25-47(51)48-26-8-11-31-52(48)64;/h1-36,38,40H;/q-3;/i1D,2D,3D,4D,5D,6D,19D,20D,21D;. The van der Waals surface area contributed by atoms with E-state index in [4.69, 9.17) is 22.1 Å². The molecule has 6 nitrogen and oxygen atoms in total. The molecule has 0 N–H and O–H groups in total. The number of pyridine rings is 1. The Morgan fingerprint density at radius 2 is 1.09 bits per heavy atom. The Morgan fingerprint density at radius 1 is 0.493 bits per heavy atom. The van der Waals surface area contributed by atoms with Crippen LogP contribution in [0.5, 0.6) is 11.5 Å². The zero-order chi connectivity index (χ0) is 51.4. The molecule has 9 aromatic carbocycles. The third-order valence-electron chi connectivity index (χ3n) is 12.1. The zero-order valence-corrected chi connectivity index (χ0v) is 37.5. The number of hydrogen-bond acceptors (Lipinski definition) is 4. The van der Waals surface area contributed by atoms with Crippen LogP contribution in [0.1, 0.15) is 12.3 Å². The quantitative estimate of drug-likeness (QED) is 0.142. The minimum absolute atomic E-state index is 0. The summed E-state index contributed by atoms with van der Waals surface area (Å²) in [4.78, 5) is 8.50. The Hall–Kier alpha value is -8.18. The first-order valence-corrected chi connectivity index (χ1v) is 21.4. The molecule has 0 saturated heterocycles. The van der Waals surface area contributed by atoms with Gasteiger partial charge in [-0.2, -0.15) is 6.07 Å². The van der Waals surface area contributed by atoms with Crippen LogP contribution >= 0.6 is 0 Å². The van der Waals surface area contributed by atoms with Gasteiger partial charge in [0.15, 0.2) is 0 Å². The van der Waals surface area contributed by atoms with Gasteiger partial charge in [0.1, 0.15) is 5.82 Å². The SMILES string of the molecule is [2H]c1cc(-c2cccc(-c3c([2H])c([2H])c([2H])c([2H])c3[2H])c2N2[CH-]N(c3[c-]c(Oc4[c-]c5c(cc4-n4c6ccccc6c6ccccc64)c4ccccc4n5-c4ccccn4)ccc3)c3ccccc32)c([2H])c([2H])c1[2H].[Pt]. The molecular formula is C60H38N5OPt-3. The van der Waals surface area contributed by atoms with Crippen molar-refractivity contribution >= 4 is 66.4 Å². The number of anilines is 4. The molecular weight excluding hydrogens is 1000 g/mol. The number of aromatic nitrogens is 3. The Morgan fingerprint density at radius 3 is 1.81 bits per heavy atom. The summed E-state index contributed by atoms with van der Waals surface area (Å²) < 4.78 is 89.9. The van der Waals surface area contributed by atoms with Crippen molar-refractivity contribution in [3.63, 3.8) is 0 Å². The zero-order valence-electron chi connectivity index (χ0n) is 44.2. The van der Waals surface area contributed by atoms with Crippen LogP contribution in [0.15, 0.2) is 224 Å². The maximum Gasteiger partial charge on any atom is 0.135 e. The second-order valence-corrected chi connectivity index (χ2v) is 15.8. The molecule has 0 fully saturated rings. The molecule has 67 heavy (non-hydrogen) atoms. The molecule has 322 valence electrons. The van der Waals surface area contributed by atoms with Crippen molar-refractivity contribution in [2.24, 2.45) is 0 Å². The number of hydrogen-bond donors (Lipinski definition) is 0. The van der Waals surface area contributed by atoms with Gasteiger partial charge in [0.25, 0.3) is 0 Å². The Labute approximate surface area is 415 Å². The van der Waals surface area contributed by atoms with Gasteiger partial charge in [0.05, 0.1) is 12.3 Å². The van der Waals surface area contributed by atoms with Crippen LogP contribution in [0.3, 0.4) is 0 Å². The van der Waals surface area contributed by atoms with E-state index in [1.807, 2.05) is 107 Å². The summed E-state index contributed by atoms with van der Waals surface area (Å²) in [6.45, 7) is 1.80. The molecule has 13 rings (SSSR count). The van der Waals surface area contributed by atoms with Gasteiger partial charge in [0, 0.05) is 94.3 Å². The van der Waals surface area contributed by atoms with Gasteiger partial charge in [-0.15, -0.1) is 42.7 Å². The second kappa shape index (κ2) is 16.7. The average Bonchev–Trinajstić information content (AvgIpc) is 4.16. The van der Waals surface area contributed by atoms with Crippen LogP contribution in [0.2, 0.25) is 0 Å². The molecule has 12 aromatic rings. The van der Waals surface area contributed by atoms with Crippen LogP contribution in [0.25, 0.3) is 77.4 Å². The van der Waals surface area contributed by atoms with Crippen LogP contribution in [-0.2, 0) is 21.1 Å². The number of fused-ring (bicyclic) bond motifs is 7. The average molecular weight is 1050 g/mol. The summed E-state index contributed by atoms with van der Waals surface area (Å²) in [6, 6.07) is 55.8. The first-order valence-electron chi connectivity index (χ1n) is 25.9. The van der Waals surface area contributed by atoms with E-state index in [-0.39, 0.29) is 49.8 Å². The van der Waals surface area contributed by atoms with Gasteiger partial charge in [-0.25, -0.2) is 4.98 Å². The topological polar surface area (TPSA) is 38.5 Å². The van der Waals surface area contributed by atoms with Crippen molar-refractivity contribution in [2.75, 3.05) is 9.80 Å². The van der Waals surface area contributed by atoms with Gasteiger partial charge in [-0.05, 0) is 64.7 Å². The molecule has 0 amide bonds. The largest absolute Gasteiger partial charge is 0.507 e. The molecule has 3 aromatic heterocycles. The van der Waals surface area contributed by atoms with E-state index in [1.165, 1.54) is 6.07 Å². The van der Waals surface area contributed by atoms with E-state index in [1.54, 1.807) is 31.1 Å². The number of benzene rings is 9. The van der Waals surface area contributed by atoms with Crippen molar-refractivity contribution in [1.29, 1.82) is 0 Å². The Bertz CT molecular complexity index is 4270. The second-order valence-electron chi connectivity index (χ2n) is 15.8. The molecule has 0 bridgehead atoms. The predicted octanol–water partition coefficient (Wildman–Crippen LogP) is 15.4. The smallest absolute Gasteiger partial charge is 0.135 e. The van der Waals surface area contributed by atoms with Crippen LogP contribution in [0, 0.1) is 18.8 Å². The van der Waals surface area contributed by atoms with Crippen LogP contribution in [0.4, 0.5) is 22.7 Å². The summed E-state index contributed by atoms with van der Waals surface area (Å²) in [5.74, 6) is 1.52. The monoisotopic (exact) mass is 1050 g/mol. The van der Waals surface area contributed by atoms with Gasteiger partial charge in [-0.3, -0.25) is 0 Å². The van der Waals surface area contributed by atoms with E-state index in [0.29, 0.717) is 39.8 Å². The van der Waals surface area contributed by atoms with Crippen molar-refractivity contribution in [3.05, 3.63) is 243 Å². The fraction of sp³-hybridized carbons (Fsp3) is 0. The van der Waals surface area contributed by atoms with Gasteiger partial charge < -0.3 is 23.7 Å². The molecule has 0 radical (unpaired) electrons. The molecule has 0 unspecified atom stereocenters. The first kappa shape index (κ1) is 31.7. The van der Waals surface area contributed by atoms with E-state index in [2.05, 4.69) is 63.7 Å². The normalized spacial score (nSPS) is 14.1. The summed E-state index contributed by atoms with van der Waals surface area (Å²) in [5.41, 5.74) is 7.34. The number of rotatable bonds is 8. The predicted molar refractivity (Wildman–Crippen MR) is 269 cm³/mol. The third kappa shape index (κ3) is 6.71. The molecule has 4 heterocycles. The van der Waals surface area contributed by atoms with Gasteiger partial charge >= 0.3 is 0 Å². The minimum atomic E-state index is -0.541. The molecule has 1 aliphatic rings. The molecule has 1 aliphatic heterocycles. The number of nitrogens with zero attached hydrogens (tertiary/aromatic N) is 5. The molecule has 7 heteroatoms.